The molecule has 0 aromatic heterocycles. The molecule has 0 radical (unpaired) electrons. The number of benzene rings is 2. The number of hydrogen-bond donors (Lipinski definition) is 1. The molecule has 0 aliphatic carbocycles. The number of rotatable bonds is 7. The summed E-state index contributed by atoms with van der Waals surface area (Å²) in [6.07, 6.45) is 3.27. The van der Waals surface area contributed by atoms with Gasteiger partial charge in [-0.3, -0.25) is 9.59 Å². The predicted molar refractivity (Wildman–Crippen MR) is 105 cm³/mol. The molecule has 144 valence electrons. The van der Waals surface area contributed by atoms with Gasteiger partial charge in [-0.2, -0.15) is 5.10 Å². The van der Waals surface area contributed by atoms with Crippen molar-refractivity contribution in [3.05, 3.63) is 72.6 Å². The fraction of sp³-hybridized carbons (Fsp3) is 0.190. The maximum absolute atomic E-state index is 13.0. The highest BCUT2D eigenvalue weighted by molar-refractivity contribution is 6.00. The highest BCUT2D eigenvalue weighted by atomic mass is 19.1. The standard InChI is InChI=1S/C21H20FN3O3/c1-2-11-28-19-9-3-15(4-10-19)13-23-24-21(27)16-12-20(26)25(14-16)18-7-5-17(22)6-8-18/h2-10,13,16H,1,11-12,14H2,(H,24,27)/b23-13-/t16-/m0/s1. The largest absolute Gasteiger partial charge is 0.490 e. The van der Waals surface area contributed by atoms with E-state index in [1.165, 1.54) is 35.4 Å². The van der Waals surface area contributed by atoms with E-state index in [4.69, 9.17) is 4.74 Å². The topological polar surface area (TPSA) is 71.0 Å². The van der Waals surface area contributed by atoms with Gasteiger partial charge in [0.1, 0.15) is 18.2 Å². The lowest BCUT2D eigenvalue weighted by Gasteiger charge is -2.16. The van der Waals surface area contributed by atoms with Crippen molar-refractivity contribution in [2.24, 2.45) is 11.0 Å². The number of amides is 2. The lowest BCUT2D eigenvalue weighted by molar-refractivity contribution is -0.126. The molecule has 2 amide bonds. The van der Waals surface area contributed by atoms with Gasteiger partial charge >= 0.3 is 0 Å². The van der Waals surface area contributed by atoms with Crippen molar-refractivity contribution in [1.82, 2.24) is 5.43 Å². The Morgan fingerprint density at radius 2 is 1.96 bits per heavy atom. The third-order valence-corrected chi connectivity index (χ3v) is 4.27. The fourth-order valence-corrected chi connectivity index (χ4v) is 2.82. The molecule has 7 heteroatoms. The summed E-state index contributed by atoms with van der Waals surface area (Å²) in [7, 11) is 0. The average Bonchev–Trinajstić information content (AvgIpc) is 3.09. The molecule has 28 heavy (non-hydrogen) atoms. The third-order valence-electron chi connectivity index (χ3n) is 4.27. The first-order valence-corrected chi connectivity index (χ1v) is 8.79. The molecule has 1 aliphatic heterocycles. The van der Waals surface area contributed by atoms with Crippen LogP contribution in [0.15, 0.2) is 66.3 Å². The van der Waals surface area contributed by atoms with Gasteiger partial charge in [0.15, 0.2) is 0 Å². The van der Waals surface area contributed by atoms with Crippen molar-refractivity contribution in [3.63, 3.8) is 0 Å². The maximum Gasteiger partial charge on any atom is 0.245 e. The van der Waals surface area contributed by atoms with Gasteiger partial charge in [0.25, 0.3) is 0 Å². The molecule has 2 aromatic carbocycles. The number of hydrogen-bond acceptors (Lipinski definition) is 4. The van der Waals surface area contributed by atoms with E-state index in [0.29, 0.717) is 18.0 Å². The van der Waals surface area contributed by atoms with E-state index in [1.807, 2.05) is 12.1 Å². The molecule has 1 heterocycles. The Morgan fingerprint density at radius 3 is 2.64 bits per heavy atom. The first-order chi connectivity index (χ1) is 13.6. The van der Waals surface area contributed by atoms with Crippen LogP contribution in [0, 0.1) is 11.7 Å². The summed E-state index contributed by atoms with van der Waals surface area (Å²) in [5.74, 6) is -0.679. The molecule has 1 fully saturated rings. The molecule has 1 aliphatic rings. The van der Waals surface area contributed by atoms with E-state index < -0.39 is 5.92 Å². The van der Waals surface area contributed by atoms with E-state index >= 15 is 0 Å². The predicted octanol–water partition coefficient (Wildman–Crippen LogP) is 2.89. The minimum Gasteiger partial charge on any atom is -0.490 e. The van der Waals surface area contributed by atoms with Gasteiger partial charge in [0.2, 0.25) is 11.8 Å². The highest BCUT2D eigenvalue weighted by Gasteiger charge is 2.35. The summed E-state index contributed by atoms with van der Waals surface area (Å²) in [4.78, 5) is 25.9. The molecule has 2 aromatic rings. The van der Waals surface area contributed by atoms with Crippen LogP contribution >= 0.6 is 0 Å². The zero-order valence-corrected chi connectivity index (χ0v) is 15.2. The van der Waals surface area contributed by atoms with Gasteiger partial charge < -0.3 is 9.64 Å². The van der Waals surface area contributed by atoms with Crippen molar-refractivity contribution in [2.75, 3.05) is 18.1 Å². The number of nitrogens with zero attached hydrogens (tertiary/aromatic N) is 2. The van der Waals surface area contributed by atoms with Crippen LogP contribution in [-0.4, -0.2) is 31.2 Å². The molecule has 1 N–H and O–H groups in total. The molecule has 6 nitrogen and oxygen atoms in total. The minimum atomic E-state index is -0.510. The SMILES string of the molecule is C=CCOc1ccc(/C=N\NC(=O)[C@H]2CC(=O)N(c3ccc(F)cc3)C2)cc1. The lowest BCUT2D eigenvalue weighted by Crippen LogP contribution is -2.30. The Morgan fingerprint density at radius 1 is 1.25 bits per heavy atom. The Kier molecular flexibility index (Phi) is 6.16. The quantitative estimate of drug-likeness (QED) is 0.455. The van der Waals surface area contributed by atoms with Crippen molar-refractivity contribution < 1.29 is 18.7 Å². The van der Waals surface area contributed by atoms with Crippen molar-refractivity contribution in [1.29, 1.82) is 0 Å². The number of carbonyl (C=O) groups is 2. The zero-order chi connectivity index (χ0) is 19.9. The highest BCUT2D eigenvalue weighted by Crippen LogP contribution is 2.25. The summed E-state index contributed by atoms with van der Waals surface area (Å²) in [6.45, 7) is 4.25. The lowest BCUT2D eigenvalue weighted by atomic mass is 10.1. The van der Waals surface area contributed by atoms with E-state index in [9.17, 15) is 14.0 Å². The van der Waals surface area contributed by atoms with E-state index in [1.54, 1.807) is 18.2 Å². The molecule has 3 rings (SSSR count). The summed E-state index contributed by atoms with van der Waals surface area (Å²) < 4.78 is 18.4. The molecule has 1 saturated heterocycles. The molecule has 0 spiro atoms. The molecular weight excluding hydrogens is 361 g/mol. The van der Waals surface area contributed by atoms with Gasteiger partial charge in [-0.25, -0.2) is 9.82 Å². The number of carbonyl (C=O) groups excluding carboxylic acids is 2. The summed E-state index contributed by atoms with van der Waals surface area (Å²) in [5.41, 5.74) is 3.84. The summed E-state index contributed by atoms with van der Waals surface area (Å²) in [6, 6.07) is 12.8. The van der Waals surface area contributed by atoms with Crippen molar-refractivity contribution in [3.8, 4) is 5.75 Å². The van der Waals surface area contributed by atoms with Crippen LogP contribution in [-0.2, 0) is 9.59 Å². The number of ether oxygens (including phenoxy) is 1. The zero-order valence-electron chi connectivity index (χ0n) is 15.2. The van der Waals surface area contributed by atoms with Crippen LogP contribution in [0.4, 0.5) is 10.1 Å². The van der Waals surface area contributed by atoms with Crippen LogP contribution in [0.1, 0.15) is 12.0 Å². The van der Waals surface area contributed by atoms with Crippen LogP contribution in [0.25, 0.3) is 0 Å². The van der Waals surface area contributed by atoms with E-state index in [0.717, 1.165) is 5.56 Å². The second-order valence-corrected chi connectivity index (χ2v) is 6.28. The number of hydrazone groups is 1. The van der Waals surface area contributed by atoms with Crippen LogP contribution in [0.5, 0.6) is 5.75 Å². The minimum absolute atomic E-state index is 0.0913. The Bertz CT molecular complexity index is 879. The second-order valence-electron chi connectivity index (χ2n) is 6.28. The van der Waals surface area contributed by atoms with Gasteiger partial charge in [-0.05, 0) is 54.1 Å². The number of halogens is 1. The Balaban J connectivity index is 1.53. The second kappa shape index (κ2) is 8.94. The third kappa shape index (κ3) is 4.82. The van der Waals surface area contributed by atoms with E-state index in [-0.39, 0.29) is 30.6 Å². The first kappa shape index (κ1) is 19.3. The van der Waals surface area contributed by atoms with Crippen LogP contribution in [0.2, 0.25) is 0 Å². The van der Waals surface area contributed by atoms with Crippen molar-refractivity contribution in [2.45, 2.75) is 6.42 Å². The van der Waals surface area contributed by atoms with Gasteiger partial charge in [-0.15, -0.1) is 0 Å². The Hall–Kier alpha value is -3.48. The smallest absolute Gasteiger partial charge is 0.245 e. The molecule has 0 unspecified atom stereocenters. The molecule has 0 bridgehead atoms. The van der Waals surface area contributed by atoms with Crippen LogP contribution < -0.4 is 15.1 Å². The normalized spacial score (nSPS) is 16.4. The molecular formula is C21H20FN3O3. The number of nitrogens with one attached hydrogen (secondary N) is 1. The maximum atomic E-state index is 13.0. The summed E-state index contributed by atoms with van der Waals surface area (Å²) >= 11 is 0. The van der Waals surface area contributed by atoms with Crippen LogP contribution in [0.3, 0.4) is 0 Å². The first-order valence-electron chi connectivity index (χ1n) is 8.79. The average molecular weight is 381 g/mol. The molecule has 1 atom stereocenters. The van der Waals surface area contributed by atoms with Gasteiger partial charge in [0.05, 0.1) is 12.1 Å². The molecule has 0 saturated carbocycles. The summed E-state index contributed by atoms with van der Waals surface area (Å²) in [5, 5.41) is 3.95. The van der Waals surface area contributed by atoms with Gasteiger partial charge in [0, 0.05) is 18.7 Å². The fourth-order valence-electron chi connectivity index (χ4n) is 2.82. The van der Waals surface area contributed by atoms with E-state index in [2.05, 4.69) is 17.1 Å². The monoisotopic (exact) mass is 381 g/mol. The number of anilines is 1. The Labute approximate surface area is 162 Å². The van der Waals surface area contributed by atoms with Crippen molar-refractivity contribution >= 4 is 23.7 Å². The van der Waals surface area contributed by atoms with Gasteiger partial charge in [-0.1, -0.05) is 12.7 Å².